The number of aromatic nitrogens is 2. The third kappa shape index (κ3) is 3.72. The quantitative estimate of drug-likeness (QED) is 0.878. The number of nitrogens with one attached hydrogen (secondary N) is 1. The lowest BCUT2D eigenvalue weighted by Crippen LogP contribution is -2.29. The Balaban J connectivity index is 1.55. The molecular formula is C20H23ClN4O2. The van der Waals surface area contributed by atoms with Crippen LogP contribution in [0.1, 0.15) is 58.0 Å². The zero-order valence-electron chi connectivity index (χ0n) is 15.2. The van der Waals surface area contributed by atoms with Gasteiger partial charge >= 0.3 is 0 Å². The lowest BCUT2D eigenvalue weighted by Gasteiger charge is -2.18. The van der Waals surface area contributed by atoms with E-state index >= 15 is 0 Å². The van der Waals surface area contributed by atoms with Crippen LogP contribution in [0.15, 0.2) is 24.3 Å². The molecule has 3 heterocycles. The van der Waals surface area contributed by atoms with Gasteiger partial charge in [-0.3, -0.25) is 9.59 Å². The van der Waals surface area contributed by atoms with Crippen molar-refractivity contribution in [1.29, 1.82) is 0 Å². The normalized spacial score (nSPS) is 16.3. The molecule has 2 aliphatic heterocycles. The summed E-state index contributed by atoms with van der Waals surface area (Å²) in [5.41, 5.74) is 2.34. The molecule has 1 N–H and O–H groups in total. The van der Waals surface area contributed by atoms with Gasteiger partial charge in [-0.1, -0.05) is 23.7 Å². The van der Waals surface area contributed by atoms with Crippen LogP contribution in [0, 0.1) is 0 Å². The van der Waals surface area contributed by atoms with Crippen LogP contribution in [-0.4, -0.2) is 39.4 Å². The summed E-state index contributed by atoms with van der Waals surface area (Å²) in [5, 5.41) is 3.58. The number of amides is 2. The van der Waals surface area contributed by atoms with Crippen molar-refractivity contribution in [3.8, 4) is 0 Å². The Hall–Kier alpha value is -2.34. The molecule has 1 aromatic heterocycles. The van der Waals surface area contributed by atoms with Gasteiger partial charge in [0.15, 0.2) is 5.82 Å². The van der Waals surface area contributed by atoms with Crippen molar-refractivity contribution in [3.63, 3.8) is 0 Å². The van der Waals surface area contributed by atoms with E-state index in [4.69, 9.17) is 11.6 Å². The van der Waals surface area contributed by atoms with E-state index in [-0.39, 0.29) is 11.8 Å². The molecule has 2 aromatic rings. The first-order valence-corrected chi connectivity index (χ1v) is 9.92. The largest absolute Gasteiger partial charge is 0.345 e. The van der Waals surface area contributed by atoms with Crippen molar-refractivity contribution in [3.05, 3.63) is 52.1 Å². The van der Waals surface area contributed by atoms with Crippen molar-refractivity contribution >= 4 is 23.4 Å². The van der Waals surface area contributed by atoms with Crippen molar-refractivity contribution in [1.82, 2.24) is 19.8 Å². The SMILES string of the molecule is O=C(NCc1ccc(Cl)cc1)c1nc(C(=O)N2CCCC2)c2n1CCCC2. The summed E-state index contributed by atoms with van der Waals surface area (Å²) in [4.78, 5) is 32.0. The van der Waals surface area contributed by atoms with Crippen LogP contribution >= 0.6 is 11.6 Å². The number of carbonyl (C=O) groups is 2. The maximum absolute atomic E-state index is 12.9. The number of fused-ring (bicyclic) bond motifs is 1. The highest BCUT2D eigenvalue weighted by Gasteiger charge is 2.30. The van der Waals surface area contributed by atoms with E-state index < -0.39 is 0 Å². The lowest BCUT2D eigenvalue weighted by molar-refractivity contribution is 0.0786. The van der Waals surface area contributed by atoms with Gasteiger partial charge < -0.3 is 14.8 Å². The van der Waals surface area contributed by atoms with Gasteiger partial charge in [0.1, 0.15) is 5.69 Å². The summed E-state index contributed by atoms with van der Waals surface area (Å²) < 4.78 is 1.93. The summed E-state index contributed by atoms with van der Waals surface area (Å²) in [5.74, 6) is 0.0738. The third-order valence-electron chi connectivity index (χ3n) is 5.28. The molecule has 27 heavy (non-hydrogen) atoms. The first kappa shape index (κ1) is 18.0. The zero-order chi connectivity index (χ0) is 18.8. The minimum Gasteiger partial charge on any atom is -0.345 e. The summed E-state index contributed by atoms with van der Waals surface area (Å²) in [7, 11) is 0. The number of hydrogen-bond acceptors (Lipinski definition) is 3. The van der Waals surface area contributed by atoms with E-state index in [2.05, 4.69) is 10.3 Å². The molecule has 0 atom stereocenters. The molecule has 0 bridgehead atoms. The fourth-order valence-electron chi connectivity index (χ4n) is 3.82. The number of nitrogens with zero attached hydrogens (tertiary/aromatic N) is 3. The number of imidazole rings is 1. The van der Waals surface area contributed by atoms with Crippen LogP contribution in [0.25, 0.3) is 0 Å². The third-order valence-corrected chi connectivity index (χ3v) is 5.54. The molecule has 0 radical (unpaired) electrons. The highest BCUT2D eigenvalue weighted by atomic mass is 35.5. The van der Waals surface area contributed by atoms with Gasteiger partial charge in [-0.15, -0.1) is 0 Å². The topological polar surface area (TPSA) is 67.2 Å². The second-order valence-electron chi connectivity index (χ2n) is 7.15. The lowest BCUT2D eigenvalue weighted by atomic mass is 10.1. The number of carbonyl (C=O) groups excluding carboxylic acids is 2. The summed E-state index contributed by atoms with van der Waals surface area (Å²) in [6.45, 7) is 2.69. The Bertz CT molecular complexity index is 854. The highest BCUT2D eigenvalue weighted by molar-refractivity contribution is 6.30. The average Bonchev–Trinajstić information content (AvgIpc) is 3.35. The minimum atomic E-state index is -0.242. The Morgan fingerprint density at radius 2 is 1.74 bits per heavy atom. The van der Waals surface area contributed by atoms with Gasteiger partial charge in [0.25, 0.3) is 11.8 Å². The van der Waals surface area contributed by atoms with Crippen LogP contribution in [0.5, 0.6) is 0 Å². The van der Waals surface area contributed by atoms with Crippen molar-refractivity contribution in [2.75, 3.05) is 13.1 Å². The van der Waals surface area contributed by atoms with Crippen LogP contribution in [-0.2, 0) is 19.5 Å². The molecule has 0 aliphatic carbocycles. The van der Waals surface area contributed by atoms with Crippen LogP contribution in [0.3, 0.4) is 0 Å². The average molecular weight is 387 g/mol. The number of benzene rings is 1. The molecule has 142 valence electrons. The smallest absolute Gasteiger partial charge is 0.287 e. The molecule has 0 saturated carbocycles. The van der Waals surface area contributed by atoms with Gasteiger partial charge in [-0.25, -0.2) is 4.98 Å². The van der Waals surface area contributed by atoms with Crippen molar-refractivity contribution in [2.45, 2.75) is 45.2 Å². The molecule has 6 nitrogen and oxygen atoms in total. The van der Waals surface area contributed by atoms with E-state index in [1.165, 1.54) is 0 Å². The van der Waals surface area contributed by atoms with E-state index in [0.717, 1.165) is 63.0 Å². The number of halogens is 1. The fourth-order valence-corrected chi connectivity index (χ4v) is 3.95. The molecule has 7 heteroatoms. The minimum absolute atomic E-state index is 0.0325. The molecule has 2 aliphatic rings. The molecular weight excluding hydrogens is 364 g/mol. The van der Waals surface area contributed by atoms with Gasteiger partial charge in [-0.2, -0.15) is 0 Å². The monoisotopic (exact) mass is 386 g/mol. The predicted molar refractivity (Wildman–Crippen MR) is 103 cm³/mol. The number of rotatable bonds is 4. The van der Waals surface area contributed by atoms with E-state index in [0.29, 0.717) is 23.1 Å². The van der Waals surface area contributed by atoms with Crippen LogP contribution < -0.4 is 5.32 Å². The maximum atomic E-state index is 12.9. The van der Waals surface area contributed by atoms with Crippen molar-refractivity contribution < 1.29 is 9.59 Å². The van der Waals surface area contributed by atoms with Crippen LogP contribution in [0.2, 0.25) is 5.02 Å². The second-order valence-corrected chi connectivity index (χ2v) is 7.58. The fraction of sp³-hybridized carbons (Fsp3) is 0.450. The highest BCUT2D eigenvalue weighted by Crippen LogP contribution is 2.23. The predicted octanol–water partition coefficient (Wildman–Crippen LogP) is 3.04. The Kier molecular flexibility index (Phi) is 5.16. The van der Waals surface area contributed by atoms with Gasteiger partial charge in [0.2, 0.25) is 0 Å². The standard InChI is InChI=1S/C20H23ClN4O2/c21-15-8-6-14(7-9-15)13-22-19(26)18-23-17(16-5-1-2-12-25(16)18)20(27)24-10-3-4-11-24/h6-9H,1-5,10-13H2,(H,22,26). The van der Waals surface area contributed by atoms with Crippen molar-refractivity contribution in [2.24, 2.45) is 0 Å². The molecule has 1 fully saturated rings. The summed E-state index contributed by atoms with van der Waals surface area (Å²) in [6, 6.07) is 7.36. The Labute approximate surface area is 163 Å². The van der Waals surface area contributed by atoms with Gasteiger partial charge in [0, 0.05) is 31.2 Å². The number of likely N-dealkylation sites (tertiary alicyclic amines) is 1. The Morgan fingerprint density at radius 1 is 1.04 bits per heavy atom. The van der Waals surface area contributed by atoms with E-state index in [9.17, 15) is 9.59 Å². The van der Waals surface area contributed by atoms with E-state index in [1.54, 1.807) is 12.1 Å². The first-order valence-electron chi connectivity index (χ1n) is 9.55. The number of hydrogen-bond donors (Lipinski definition) is 1. The summed E-state index contributed by atoms with van der Waals surface area (Å²) in [6.07, 6.45) is 4.90. The molecule has 0 spiro atoms. The van der Waals surface area contributed by atoms with E-state index in [1.807, 2.05) is 21.6 Å². The van der Waals surface area contributed by atoms with Crippen LogP contribution in [0.4, 0.5) is 0 Å². The zero-order valence-corrected chi connectivity index (χ0v) is 16.0. The molecule has 2 amide bonds. The first-order chi connectivity index (χ1) is 13.1. The second kappa shape index (κ2) is 7.72. The Morgan fingerprint density at radius 3 is 2.48 bits per heavy atom. The molecule has 4 rings (SSSR count). The maximum Gasteiger partial charge on any atom is 0.287 e. The molecule has 1 aromatic carbocycles. The van der Waals surface area contributed by atoms with Gasteiger partial charge in [0.05, 0.1) is 5.69 Å². The molecule has 1 saturated heterocycles. The van der Waals surface area contributed by atoms with Gasteiger partial charge in [-0.05, 0) is 49.8 Å². The summed E-state index contributed by atoms with van der Waals surface area (Å²) >= 11 is 5.90. The molecule has 0 unspecified atom stereocenters.